The predicted octanol–water partition coefficient (Wildman–Crippen LogP) is 7.09. The van der Waals surface area contributed by atoms with Gasteiger partial charge in [0.15, 0.2) is 0 Å². The largest absolute Gasteiger partial charge is 0.341 e. The van der Waals surface area contributed by atoms with Crippen LogP contribution in [0.1, 0.15) is 119 Å². The molecule has 1 rings (SSSR count). The van der Waals surface area contributed by atoms with Crippen LogP contribution in [0, 0.1) is 0 Å². The zero-order valence-corrected chi connectivity index (χ0v) is 22.9. The maximum absolute atomic E-state index is 5.09. The molecule has 0 bridgehead atoms. The number of aromatic nitrogens is 3. The van der Waals surface area contributed by atoms with Crippen LogP contribution in [-0.2, 0) is 0 Å². The second kappa shape index (κ2) is 18.8. The van der Waals surface area contributed by atoms with Crippen molar-refractivity contribution in [3.05, 3.63) is 0 Å². The lowest BCUT2D eigenvalue weighted by atomic mass is 10.2. The van der Waals surface area contributed by atoms with Crippen LogP contribution in [0.15, 0.2) is 0 Å². The second-order valence-electron chi connectivity index (χ2n) is 9.21. The van der Waals surface area contributed by atoms with E-state index in [0.717, 1.165) is 57.1 Å². The van der Waals surface area contributed by atoms with Gasteiger partial charge < -0.3 is 14.7 Å². The summed E-state index contributed by atoms with van der Waals surface area (Å²) < 4.78 is 0. The summed E-state index contributed by atoms with van der Waals surface area (Å²) in [5.41, 5.74) is 0. The van der Waals surface area contributed by atoms with Crippen molar-refractivity contribution in [2.24, 2.45) is 0 Å². The zero-order chi connectivity index (χ0) is 24.3. The van der Waals surface area contributed by atoms with Crippen LogP contribution in [0.2, 0.25) is 0 Å². The quantitative estimate of drug-likeness (QED) is 0.182. The molecule has 0 amide bonds. The Morgan fingerprint density at radius 1 is 0.394 bits per heavy atom. The summed E-state index contributed by atoms with van der Waals surface area (Å²) in [4.78, 5) is 22.2. The van der Waals surface area contributed by atoms with E-state index in [1.165, 1.54) is 77.0 Å². The van der Waals surface area contributed by atoms with Crippen molar-refractivity contribution in [1.29, 1.82) is 0 Å². The molecule has 6 nitrogen and oxygen atoms in total. The van der Waals surface area contributed by atoms with Crippen LogP contribution in [0.4, 0.5) is 17.8 Å². The molecular formula is C27H54N6. The molecule has 0 atom stereocenters. The average molecular weight is 463 g/mol. The highest BCUT2D eigenvalue weighted by Crippen LogP contribution is 2.21. The van der Waals surface area contributed by atoms with Crippen LogP contribution in [0.25, 0.3) is 0 Å². The molecule has 0 spiro atoms. The molecule has 1 aromatic heterocycles. The fourth-order valence-corrected chi connectivity index (χ4v) is 4.05. The van der Waals surface area contributed by atoms with Gasteiger partial charge in [-0.15, -0.1) is 0 Å². The Morgan fingerprint density at radius 3 is 1.06 bits per heavy atom. The Morgan fingerprint density at radius 2 is 0.727 bits per heavy atom. The first-order chi connectivity index (χ1) is 16.1. The number of unbranched alkanes of at least 4 members (excludes halogenated alkanes) is 8. The van der Waals surface area contributed by atoms with Crippen LogP contribution in [0.5, 0.6) is 0 Å². The molecule has 0 N–H and O–H groups in total. The fraction of sp³-hybridized carbons (Fsp3) is 0.889. The van der Waals surface area contributed by atoms with Crippen LogP contribution in [-0.4, -0.2) is 54.2 Å². The van der Waals surface area contributed by atoms with Gasteiger partial charge >= 0.3 is 0 Å². The first-order valence-electron chi connectivity index (χ1n) is 14.2. The molecule has 1 aromatic rings. The highest BCUT2D eigenvalue weighted by atomic mass is 15.4. The fourth-order valence-electron chi connectivity index (χ4n) is 4.05. The van der Waals surface area contributed by atoms with Gasteiger partial charge in [0.1, 0.15) is 0 Å². The lowest BCUT2D eigenvalue weighted by Crippen LogP contribution is -2.33. The molecular weight excluding hydrogens is 408 g/mol. The van der Waals surface area contributed by atoms with Gasteiger partial charge in [-0.1, -0.05) is 79.1 Å². The van der Waals surface area contributed by atoms with Crippen LogP contribution < -0.4 is 14.7 Å². The molecule has 0 fully saturated rings. The minimum absolute atomic E-state index is 0.838. The number of nitrogens with zero attached hydrogens (tertiary/aromatic N) is 6. The summed E-state index contributed by atoms with van der Waals surface area (Å²) in [5.74, 6) is 2.59. The van der Waals surface area contributed by atoms with Crippen molar-refractivity contribution >= 4 is 17.8 Å². The van der Waals surface area contributed by atoms with Crippen molar-refractivity contribution in [2.45, 2.75) is 119 Å². The van der Waals surface area contributed by atoms with Crippen molar-refractivity contribution in [2.75, 3.05) is 54.0 Å². The third-order valence-electron chi connectivity index (χ3n) is 6.34. The molecule has 0 radical (unpaired) electrons. The van der Waals surface area contributed by atoms with E-state index in [2.05, 4.69) is 56.2 Å². The van der Waals surface area contributed by atoms with Gasteiger partial charge in [0, 0.05) is 39.3 Å². The first kappa shape index (κ1) is 29.4. The molecule has 33 heavy (non-hydrogen) atoms. The van der Waals surface area contributed by atoms with Crippen molar-refractivity contribution in [1.82, 2.24) is 15.0 Å². The lowest BCUT2D eigenvalue weighted by Gasteiger charge is -2.28. The summed E-state index contributed by atoms with van der Waals surface area (Å²) in [6, 6.07) is 0. The summed E-state index contributed by atoms with van der Waals surface area (Å²) in [6.07, 6.45) is 14.8. The SMILES string of the molecule is CCCCCCN(CCCCCC)c1nc(N(CC)CC)nc(N(CCCC)CCCC)n1. The Balaban J connectivity index is 3.27. The van der Waals surface area contributed by atoms with Crippen molar-refractivity contribution < 1.29 is 0 Å². The van der Waals surface area contributed by atoms with Crippen LogP contribution in [0.3, 0.4) is 0 Å². The van der Waals surface area contributed by atoms with E-state index in [1.807, 2.05) is 0 Å². The van der Waals surface area contributed by atoms with Gasteiger partial charge in [0.2, 0.25) is 17.8 Å². The highest BCUT2D eigenvalue weighted by Gasteiger charge is 2.19. The van der Waals surface area contributed by atoms with Gasteiger partial charge in [-0.25, -0.2) is 0 Å². The van der Waals surface area contributed by atoms with Crippen molar-refractivity contribution in [3.63, 3.8) is 0 Å². The monoisotopic (exact) mass is 462 g/mol. The number of hydrogen-bond donors (Lipinski definition) is 0. The summed E-state index contributed by atoms with van der Waals surface area (Å²) in [5, 5.41) is 0. The molecule has 0 unspecified atom stereocenters. The summed E-state index contributed by atoms with van der Waals surface area (Å²) in [7, 11) is 0. The average Bonchev–Trinajstić information content (AvgIpc) is 2.83. The lowest BCUT2D eigenvalue weighted by molar-refractivity contribution is 0.597. The number of hydrogen-bond acceptors (Lipinski definition) is 6. The second-order valence-corrected chi connectivity index (χ2v) is 9.21. The zero-order valence-electron chi connectivity index (χ0n) is 22.9. The molecule has 0 aliphatic carbocycles. The Kier molecular flexibility index (Phi) is 16.8. The van der Waals surface area contributed by atoms with Crippen LogP contribution >= 0.6 is 0 Å². The van der Waals surface area contributed by atoms with E-state index < -0.39 is 0 Å². The molecule has 6 heteroatoms. The van der Waals surface area contributed by atoms with Gasteiger partial charge in [0.25, 0.3) is 0 Å². The van der Waals surface area contributed by atoms with Crippen molar-refractivity contribution in [3.8, 4) is 0 Å². The van der Waals surface area contributed by atoms with E-state index in [1.54, 1.807) is 0 Å². The molecule has 0 saturated carbocycles. The molecule has 0 aliphatic rings. The van der Waals surface area contributed by atoms with E-state index in [-0.39, 0.29) is 0 Å². The Hall–Kier alpha value is -1.59. The van der Waals surface area contributed by atoms with Gasteiger partial charge in [-0.3, -0.25) is 0 Å². The molecule has 192 valence electrons. The topological polar surface area (TPSA) is 48.4 Å². The predicted molar refractivity (Wildman–Crippen MR) is 146 cm³/mol. The van der Waals surface area contributed by atoms with E-state index >= 15 is 0 Å². The normalized spacial score (nSPS) is 11.1. The maximum atomic E-state index is 5.09. The summed E-state index contributed by atoms with van der Waals surface area (Å²) in [6.45, 7) is 19.4. The maximum Gasteiger partial charge on any atom is 0.231 e. The van der Waals surface area contributed by atoms with E-state index in [0.29, 0.717) is 0 Å². The van der Waals surface area contributed by atoms with Gasteiger partial charge in [-0.05, 0) is 39.5 Å². The van der Waals surface area contributed by atoms with E-state index in [9.17, 15) is 0 Å². The molecule has 0 saturated heterocycles. The Labute approximate surface area is 205 Å². The molecule has 1 heterocycles. The van der Waals surface area contributed by atoms with Gasteiger partial charge in [0.05, 0.1) is 0 Å². The minimum atomic E-state index is 0.838. The van der Waals surface area contributed by atoms with Gasteiger partial charge in [-0.2, -0.15) is 15.0 Å². The highest BCUT2D eigenvalue weighted by molar-refractivity contribution is 5.46. The minimum Gasteiger partial charge on any atom is -0.341 e. The first-order valence-corrected chi connectivity index (χ1v) is 14.2. The third-order valence-corrected chi connectivity index (χ3v) is 6.34. The Bertz CT molecular complexity index is 570. The summed E-state index contributed by atoms with van der Waals surface area (Å²) >= 11 is 0. The standard InChI is InChI=1S/C27H54N6/c1-7-13-17-19-23-33(24-20-18-14-8-2)27-29-25(31(11-5)12-6)28-26(30-27)32(21-15-9-3)22-16-10-4/h7-24H2,1-6H3. The molecule has 0 aliphatic heterocycles. The third kappa shape index (κ3) is 11.4. The number of anilines is 3. The van der Waals surface area contributed by atoms with E-state index in [4.69, 9.17) is 15.0 Å². The smallest absolute Gasteiger partial charge is 0.231 e. The number of rotatable bonds is 21. The molecule has 0 aromatic carbocycles.